The van der Waals surface area contributed by atoms with Crippen LogP contribution in [0.3, 0.4) is 0 Å². The lowest BCUT2D eigenvalue weighted by Crippen LogP contribution is -2.35. The third-order valence-electron chi connectivity index (χ3n) is 3.28. The zero-order valence-corrected chi connectivity index (χ0v) is 12.7. The molecule has 0 aliphatic rings. The highest BCUT2D eigenvalue weighted by molar-refractivity contribution is 5.77. The van der Waals surface area contributed by atoms with Crippen LogP contribution in [-0.2, 0) is 11.8 Å². The van der Waals surface area contributed by atoms with E-state index >= 15 is 0 Å². The van der Waals surface area contributed by atoms with Gasteiger partial charge in [0, 0.05) is 24.8 Å². The number of hydrogen-bond donors (Lipinski definition) is 1. The van der Waals surface area contributed by atoms with Gasteiger partial charge in [0.15, 0.2) is 6.61 Å². The van der Waals surface area contributed by atoms with E-state index in [0.29, 0.717) is 5.75 Å². The molecule has 1 aromatic heterocycles. The molecule has 2 rings (SSSR count). The fraction of sp³-hybridized carbons (Fsp3) is 0.375. The van der Waals surface area contributed by atoms with Crippen LogP contribution >= 0.6 is 0 Å². The van der Waals surface area contributed by atoms with Crippen molar-refractivity contribution in [3.63, 3.8) is 0 Å². The normalized spacial score (nSPS) is 12.0. The van der Waals surface area contributed by atoms with E-state index in [-0.39, 0.29) is 18.6 Å². The molecule has 21 heavy (non-hydrogen) atoms. The van der Waals surface area contributed by atoms with Gasteiger partial charge in [-0.15, -0.1) is 0 Å². The molecule has 0 spiro atoms. The second-order valence-electron chi connectivity index (χ2n) is 5.09. The van der Waals surface area contributed by atoms with Gasteiger partial charge in [-0.2, -0.15) is 5.10 Å². The van der Waals surface area contributed by atoms with Gasteiger partial charge < -0.3 is 10.1 Å². The zero-order chi connectivity index (χ0) is 15.2. The summed E-state index contributed by atoms with van der Waals surface area (Å²) >= 11 is 0. The van der Waals surface area contributed by atoms with Crippen LogP contribution in [0.4, 0.5) is 0 Å². The van der Waals surface area contributed by atoms with Gasteiger partial charge >= 0.3 is 0 Å². The van der Waals surface area contributed by atoms with Gasteiger partial charge in [0.2, 0.25) is 0 Å². The number of nitrogens with one attached hydrogen (secondary N) is 1. The number of carbonyl (C=O) groups is 1. The van der Waals surface area contributed by atoms with E-state index in [4.69, 9.17) is 4.74 Å². The maximum Gasteiger partial charge on any atom is 0.258 e. The molecule has 0 aliphatic carbocycles. The van der Waals surface area contributed by atoms with E-state index in [0.717, 1.165) is 17.5 Å². The van der Waals surface area contributed by atoms with Crippen LogP contribution < -0.4 is 10.1 Å². The summed E-state index contributed by atoms with van der Waals surface area (Å²) in [7, 11) is 1.89. The molecule has 1 heterocycles. The van der Waals surface area contributed by atoms with Crippen molar-refractivity contribution in [3.05, 3.63) is 36.7 Å². The molecule has 1 amide bonds. The van der Waals surface area contributed by atoms with Crippen molar-refractivity contribution >= 4 is 5.91 Å². The van der Waals surface area contributed by atoms with E-state index < -0.39 is 0 Å². The van der Waals surface area contributed by atoms with Crippen LogP contribution in [0.15, 0.2) is 36.7 Å². The van der Waals surface area contributed by atoms with Crippen LogP contribution in [0.2, 0.25) is 0 Å². The van der Waals surface area contributed by atoms with Crippen LogP contribution in [0, 0.1) is 0 Å². The van der Waals surface area contributed by atoms with Crippen molar-refractivity contribution in [1.29, 1.82) is 0 Å². The maximum atomic E-state index is 11.6. The Labute approximate surface area is 124 Å². The van der Waals surface area contributed by atoms with E-state index in [2.05, 4.69) is 10.4 Å². The summed E-state index contributed by atoms with van der Waals surface area (Å²) in [6, 6.07) is 7.81. The average Bonchev–Trinajstić information content (AvgIpc) is 2.92. The molecule has 112 valence electrons. The minimum atomic E-state index is -0.0966. The van der Waals surface area contributed by atoms with E-state index in [1.807, 2.05) is 57.6 Å². The number of amides is 1. The largest absolute Gasteiger partial charge is 0.484 e. The second kappa shape index (κ2) is 6.92. The summed E-state index contributed by atoms with van der Waals surface area (Å²) in [6.45, 7) is 4.04. The third-order valence-corrected chi connectivity index (χ3v) is 3.28. The van der Waals surface area contributed by atoms with Gasteiger partial charge in [-0.05, 0) is 31.0 Å². The monoisotopic (exact) mass is 287 g/mol. The van der Waals surface area contributed by atoms with Crippen molar-refractivity contribution in [3.8, 4) is 16.9 Å². The molecule has 0 radical (unpaired) electrons. The summed E-state index contributed by atoms with van der Waals surface area (Å²) in [5, 5.41) is 7.01. The molecule has 5 nitrogen and oxygen atoms in total. The fourth-order valence-corrected chi connectivity index (χ4v) is 1.88. The molecular weight excluding hydrogens is 266 g/mol. The minimum Gasteiger partial charge on any atom is -0.484 e. The van der Waals surface area contributed by atoms with Gasteiger partial charge in [0.1, 0.15) is 5.75 Å². The number of rotatable bonds is 6. The van der Waals surface area contributed by atoms with Crippen LogP contribution in [0.5, 0.6) is 5.75 Å². The molecule has 2 aromatic rings. The maximum absolute atomic E-state index is 11.6. The Hall–Kier alpha value is -2.30. The minimum absolute atomic E-state index is 0.0383. The quantitative estimate of drug-likeness (QED) is 0.887. The molecule has 1 unspecified atom stereocenters. The van der Waals surface area contributed by atoms with Gasteiger partial charge in [-0.25, -0.2) is 0 Å². The molecule has 1 aromatic carbocycles. The van der Waals surface area contributed by atoms with Crippen LogP contribution in [-0.4, -0.2) is 28.3 Å². The Morgan fingerprint density at radius 1 is 1.33 bits per heavy atom. The van der Waals surface area contributed by atoms with Gasteiger partial charge in [-0.3, -0.25) is 9.48 Å². The summed E-state index contributed by atoms with van der Waals surface area (Å²) in [4.78, 5) is 11.6. The average molecular weight is 287 g/mol. The lowest BCUT2D eigenvalue weighted by molar-refractivity contribution is -0.123. The lowest BCUT2D eigenvalue weighted by Gasteiger charge is -2.12. The predicted octanol–water partition coefficient (Wildman–Crippen LogP) is 2.38. The standard InChI is InChI=1S/C16H21N3O2/c1-4-12(2)18-16(20)11-21-15-7-5-13(6-8-15)14-9-17-19(3)10-14/h5-10,12H,4,11H2,1-3H3,(H,18,20). The smallest absolute Gasteiger partial charge is 0.258 e. The highest BCUT2D eigenvalue weighted by Gasteiger charge is 2.06. The second-order valence-corrected chi connectivity index (χ2v) is 5.09. The van der Waals surface area contributed by atoms with E-state index in [1.54, 1.807) is 4.68 Å². The molecule has 0 fully saturated rings. The Morgan fingerprint density at radius 3 is 2.62 bits per heavy atom. The molecule has 1 atom stereocenters. The highest BCUT2D eigenvalue weighted by Crippen LogP contribution is 2.21. The third kappa shape index (κ3) is 4.34. The molecule has 5 heteroatoms. The van der Waals surface area contributed by atoms with E-state index in [1.165, 1.54) is 0 Å². The first-order chi connectivity index (χ1) is 10.1. The summed E-state index contributed by atoms with van der Waals surface area (Å²) in [5.74, 6) is 0.586. The number of benzene rings is 1. The number of nitrogens with zero attached hydrogens (tertiary/aromatic N) is 2. The summed E-state index contributed by atoms with van der Waals surface area (Å²) in [5.41, 5.74) is 2.12. The van der Waals surface area contributed by atoms with Gasteiger partial charge in [0.25, 0.3) is 5.91 Å². The number of aryl methyl sites for hydroxylation is 1. The molecule has 0 saturated carbocycles. The summed E-state index contributed by atoms with van der Waals surface area (Å²) < 4.78 is 7.24. The van der Waals surface area contributed by atoms with E-state index in [9.17, 15) is 4.79 Å². The Bertz CT molecular complexity index is 590. The molecule has 0 bridgehead atoms. The highest BCUT2D eigenvalue weighted by atomic mass is 16.5. The van der Waals surface area contributed by atoms with Gasteiger partial charge in [-0.1, -0.05) is 19.1 Å². The first-order valence-corrected chi connectivity index (χ1v) is 7.09. The van der Waals surface area contributed by atoms with Crippen molar-refractivity contribution in [2.75, 3.05) is 6.61 Å². The first kappa shape index (κ1) is 15.1. The SMILES string of the molecule is CCC(C)NC(=O)COc1ccc(-c2cnn(C)c2)cc1. The molecule has 1 N–H and O–H groups in total. The predicted molar refractivity (Wildman–Crippen MR) is 82.0 cm³/mol. The lowest BCUT2D eigenvalue weighted by atomic mass is 10.1. The fourth-order valence-electron chi connectivity index (χ4n) is 1.88. The number of hydrogen-bond acceptors (Lipinski definition) is 3. The Morgan fingerprint density at radius 2 is 2.05 bits per heavy atom. The van der Waals surface area contributed by atoms with Crippen molar-refractivity contribution in [1.82, 2.24) is 15.1 Å². The number of aromatic nitrogens is 2. The van der Waals surface area contributed by atoms with Crippen LogP contribution in [0.25, 0.3) is 11.1 Å². The topological polar surface area (TPSA) is 56.1 Å². The molecule has 0 aliphatic heterocycles. The zero-order valence-electron chi connectivity index (χ0n) is 12.7. The van der Waals surface area contributed by atoms with Gasteiger partial charge in [0.05, 0.1) is 6.20 Å². The Balaban J connectivity index is 1.89. The first-order valence-electron chi connectivity index (χ1n) is 7.09. The van der Waals surface area contributed by atoms with Crippen LogP contribution in [0.1, 0.15) is 20.3 Å². The molecular formula is C16H21N3O2. The van der Waals surface area contributed by atoms with Crippen molar-refractivity contribution < 1.29 is 9.53 Å². The number of ether oxygens (including phenoxy) is 1. The van der Waals surface area contributed by atoms with Crippen molar-refractivity contribution in [2.45, 2.75) is 26.3 Å². The number of carbonyl (C=O) groups excluding carboxylic acids is 1. The summed E-state index contributed by atoms with van der Waals surface area (Å²) in [6.07, 6.45) is 4.68. The van der Waals surface area contributed by atoms with Crippen molar-refractivity contribution in [2.24, 2.45) is 7.05 Å². The Kier molecular flexibility index (Phi) is 4.98. The molecule has 0 saturated heterocycles.